The monoisotopic (exact) mass is 451 g/mol. The zero-order valence-electron chi connectivity index (χ0n) is 14.2. The number of nitrogens with zero attached hydrogens (tertiary/aromatic N) is 5. The molecule has 0 radical (unpaired) electrons. The Morgan fingerprint density at radius 3 is 2.39 bits per heavy atom. The maximum Gasteiger partial charge on any atom is 0.414 e. The number of carboxylic acids is 2. The third-order valence-electron chi connectivity index (χ3n) is 3.71. The molecule has 0 saturated carbocycles. The molecule has 0 aliphatic carbocycles. The minimum atomic E-state index is -1.82. The Bertz CT molecular complexity index is 941. The van der Waals surface area contributed by atoms with E-state index in [9.17, 15) is 0 Å². The summed E-state index contributed by atoms with van der Waals surface area (Å²) in [5.74, 6) is -0.903. The summed E-state index contributed by atoms with van der Waals surface area (Å²) in [6.45, 7) is 2.52. The van der Waals surface area contributed by atoms with Crippen molar-refractivity contribution >= 4 is 27.9 Å². The maximum atomic E-state index is 9.10. The lowest BCUT2D eigenvalue weighted by Crippen LogP contribution is -2.44. The van der Waals surface area contributed by atoms with Crippen molar-refractivity contribution < 1.29 is 28.7 Å². The minimum absolute atomic E-state index is 0.253. The molecule has 0 aromatic carbocycles. The van der Waals surface area contributed by atoms with Gasteiger partial charge in [0.15, 0.2) is 4.67 Å². The van der Waals surface area contributed by atoms with Crippen LogP contribution in [0, 0.1) is 0 Å². The van der Waals surface area contributed by atoms with Gasteiger partial charge in [-0.15, -0.1) is 0 Å². The van der Waals surface area contributed by atoms with Gasteiger partial charge in [0.05, 0.1) is 12.5 Å². The van der Waals surface area contributed by atoms with Gasteiger partial charge in [-0.05, 0) is 34.1 Å². The van der Waals surface area contributed by atoms with Gasteiger partial charge in [-0.25, -0.2) is 19.6 Å². The molecule has 3 aromatic rings. The van der Waals surface area contributed by atoms with Crippen LogP contribution < -0.4 is 0 Å². The van der Waals surface area contributed by atoms with Crippen LogP contribution in [0.25, 0.3) is 11.6 Å². The number of aliphatic carboxylic acids is 2. The SMILES string of the molecule is Brc1ccc(CN2CC(c3nc(-c4ncccn4)no3)C2)o1.O=C(O)C(=O)O. The molecule has 2 N–H and O–H groups in total. The van der Waals surface area contributed by atoms with Crippen LogP contribution in [0.3, 0.4) is 0 Å². The lowest BCUT2D eigenvalue weighted by atomic mass is 10.00. The Morgan fingerprint density at radius 2 is 1.82 bits per heavy atom. The van der Waals surface area contributed by atoms with E-state index in [0.29, 0.717) is 17.5 Å². The lowest BCUT2D eigenvalue weighted by Gasteiger charge is -2.36. The molecule has 0 unspecified atom stereocenters. The molecule has 4 heterocycles. The van der Waals surface area contributed by atoms with Crippen molar-refractivity contribution in [1.29, 1.82) is 0 Å². The summed E-state index contributed by atoms with van der Waals surface area (Å²) in [7, 11) is 0. The number of aromatic nitrogens is 4. The summed E-state index contributed by atoms with van der Waals surface area (Å²) in [6.07, 6.45) is 3.32. The fourth-order valence-corrected chi connectivity index (χ4v) is 2.76. The summed E-state index contributed by atoms with van der Waals surface area (Å²) < 4.78 is 11.6. The molecule has 0 amide bonds. The highest BCUT2D eigenvalue weighted by molar-refractivity contribution is 9.10. The molecule has 0 atom stereocenters. The predicted octanol–water partition coefficient (Wildman–Crippen LogP) is 1.64. The van der Waals surface area contributed by atoms with E-state index in [1.54, 1.807) is 18.5 Å². The van der Waals surface area contributed by atoms with E-state index in [-0.39, 0.29) is 5.92 Å². The summed E-state index contributed by atoms with van der Waals surface area (Å²) in [4.78, 5) is 33.1. The zero-order valence-corrected chi connectivity index (χ0v) is 15.8. The number of hydrogen-bond donors (Lipinski definition) is 2. The third kappa shape index (κ3) is 4.98. The van der Waals surface area contributed by atoms with Crippen LogP contribution in [-0.4, -0.2) is 60.2 Å². The van der Waals surface area contributed by atoms with Gasteiger partial charge in [-0.3, -0.25) is 4.90 Å². The second-order valence-electron chi connectivity index (χ2n) is 5.74. The van der Waals surface area contributed by atoms with Crippen molar-refractivity contribution in [3.8, 4) is 11.6 Å². The average molecular weight is 452 g/mol. The van der Waals surface area contributed by atoms with Crippen molar-refractivity contribution in [3.05, 3.63) is 46.9 Å². The molecular weight excluding hydrogens is 438 g/mol. The summed E-state index contributed by atoms with van der Waals surface area (Å²) in [5, 5.41) is 18.7. The smallest absolute Gasteiger partial charge is 0.414 e. The predicted molar refractivity (Wildman–Crippen MR) is 95.0 cm³/mol. The second-order valence-corrected chi connectivity index (χ2v) is 6.52. The Morgan fingerprint density at radius 1 is 1.14 bits per heavy atom. The molecule has 11 nitrogen and oxygen atoms in total. The minimum Gasteiger partial charge on any atom is -0.473 e. The Labute approximate surface area is 166 Å². The van der Waals surface area contributed by atoms with E-state index in [1.807, 2.05) is 12.1 Å². The fourth-order valence-electron chi connectivity index (χ4n) is 2.42. The van der Waals surface area contributed by atoms with Crippen molar-refractivity contribution in [1.82, 2.24) is 25.0 Å². The molecule has 28 heavy (non-hydrogen) atoms. The number of rotatable bonds is 4. The first kappa shape index (κ1) is 19.6. The molecule has 3 aromatic heterocycles. The van der Waals surface area contributed by atoms with Crippen LogP contribution in [0.4, 0.5) is 0 Å². The van der Waals surface area contributed by atoms with Crippen LogP contribution >= 0.6 is 15.9 Å². The molecule has 1 saturated heterocycles. The first-order valence-electron chi connectivity index (χ1n) is 7.96. The Balaban J connectivity index is 0.000000330. The van der Waals surface area contributed by atoms with Crippen LogP contribution in [-0.2, 0) is 16.1 Å². The molecule has 1 aliphatic heterocycles. The van der Waals surface area contributed by atoms with Gasteiger partial charge in [0, 0.05) is 25.5 Å². The second kappa shape index (κ2) is 8.71. The number of likely N-dealkylation sites (tertiary alicyclic amines) is 1. The van der Waals surface area contributed by atoms with E-state index < -0.39 is 11.9 Å². The third-order valence-corrected chi connectivity index (χ3v) is 4.13. The number of furan rings is 1. The van der Waals surface area contributed by atoms with Gasteiger partial charge < -0.3 is 19.2 Å². The number of carboxylic acid groups (broad SMARTS) is 2. The zero-order chi connectivity index (χ0) is 20.1. The highest BCUT2D eigenvalue weighted by Crippen LogP contribution is 2.28. The molecule has 0 bridgehead atoms. The molecular formula is C16H14BrN5O6. The molecule has 146 valence electrons. The van der Waals surface area contributed by atoms with E-state index in [2.05, 4.69) is 40.9 Å². The van der Waals surface area contributed by atoms with Crippen LogP contribution in [0.1, 0.15) is 17.6 Å². The molecule has 1 fully saturated rings. The normalized spacial score (nSPS) is 14.0. The fraction of sp³-hybridized carbons (Fsp3) is 0.250. The summed E-state index contributed by atoms with van der Waals surface area (Å²) in [5.41, 5.74) is 0. The summed E-state index contributed by atoms with van der Waals surface area (Å²) >= 11 is 3.31. The number of carbonyl (C=O) groups is 2. The van der Waals surface area contributed by atoms with E-state index in [0.717, 1.165) is 30.1 Å². The van der Waals surface area contributed by atoms with Gasteiger partial charge >= 0.3 is 11.9 Å². The molecule has 12 heteroatoms. The van der Waals surface area contributed by atoms with Crippen molar-refractivity contribution in [2.45, 2.75) is 12.5 Å². The largest absolute Gasteiger partial charge is 0.473 e. The topological polar surface area (TPSA) is 156 Å². The summed E-state index contributed by atoms with van der Waals surface area (Å²) in [6, 6.07) is 5.62. The van der Waals surface area contributed by atoms with E-state index in [4.69, 9.17) is 28.7 Å². The highest BCUT2D eigenvalue weighted by Gasteiger charge is 2.33. The molecule has 1 aliphatic rings. The molecule has 4 rings (SSSR count). The van der Waals surface area contributed by atoms with Gasteiger partial charge in [-0.1, -0.05) is 5.16 Å². The lowest BCUT2D eigenvalue weighted by molar-refractivity contribution is -0.159. The van der Waals surface area contributed by atoms with Crippen molar-refractivity contribution in [2.24, 2.45) is 0 Å². The Kier molecular flexibility index (Phi) is 6.11. The number of halogens is 1. The Hall–Kier alpha value is -3.12. The van der Waals surface area contributed by atoms with Gasteiger partial charge in [-0.2, -0.15) is 4.98 Å². The quantitative estimate of drug-likeness (QED) is 0.555. The van der Waals surface area contributed by atoms with E-state index in [1.165, 1.54) is 0 Å². The van der Waals surface area contributed by atoms with Gasteiger partial charge in [0.25, 0.3) is 0 Å². The standard InChI is InChI=1S/C14H12BrN5O2.C2H2O4/c15-11-3-2-10(21-11)8-20-6-9(7-20)14-18-13(19-22-14)12-16-4-1-5-17-12;3-1(4)2(5)6/h1-5,9H,6-8H2;(H,3,4)(H,5,6). The van der Waals surface area contributed by atoms with Crippen molar-refractivity contribution in [2.75, 3.05) is 13.1 Å². The van der Waals surface area contributed by atoms with E-state index >= 15 is 0 Å². The first-order chi connectivity index (χ1) is 13.4. The van der Waals surface area contributed by atoms with Crippen LogP contribution in [0.2, 0.25) is 0 Å². The highest BCUT2D eigenvalue weighted by atomic mass is 79.9. The van der Waals surface area contributed by atoms with Crippen molar-refractivity contribution in [3.63, 3.8) is 0 Å². The molecule has 0 spiro atoms. The first-order valence-corrected chi connectivity index (χ1v) is 8.75. The maximum absolute atomic E-state index is 9.10. The van der Waals surface area contributed by atoms with Gasteiger partial charge in [0.2, 0.25) is 17.5 Å². The van der Waals surface area contributed by atoms with Crippen LogP contribution in [0.15, 0.2) is 44.2 Å². The average Bonchev–Trinajstić information content (AvgIpc) is 3.28. The number of hydrogen-bond acceptors (Lipinski definition) is 9. The van der Waals surface area contributed by atoms with Crippen LogP contribution in [0.5, 0.6) is 0 Å². The van der Waals surface area contributed by atoms with Gasteiger partial charge in [0.1, 0.15) is 5.76 Å².